The van der Waals surface area contributed by atoms with Crippen LogP contribution in [0, 0.1) is 0 Å². The van der Waals surface area contributed by atoms with Crippen LogP contribution in [0.5, 0.6) is 0 Å². The fourth-order valence-corrected chi connectivity index (χ4v) is 1.21. The Morgan fingerprint density at radius 3 is 3.00 bits per heavy atom. The zero-order chi connectivity index (χ0) is 11.8. The average Bonchev–Trinajstić information content (AvgIpc) is 2.28. The van der Waals surface area contributed by atoms with Gasteiger partial charge in [0.05, 0.1) is 18.3 Å². The highest BCUT2D eigenvalue weighted by Gasteiger charge is 2.03. The fourth-order valence-electron chi connectivity index (χ4n) is 1.21. The van der Waals surface area contributed by atoms with Crippen molar-refractivity contribution in [2.45, 2.75) is 12.8 Å². The topological polar surface area (TPSA) is 77.2 Å². The Kier molecular flexibility index (Phi) is 5.28. The molecular formula is C11H17N3O2. The number of carbonyl (C=O) groups is 1. The van der Waals surface area contributed by atoms with Crippen molar-refractivity contribution in [3.8, 4) is 0 Å². The van der Waals surface area contributed by atoms with E-state index in [0.29, 0.717) is 18.8 Å². The summed E-state index contributed by atoms with van der Waals surface area (Å²) in [5.41, 5.74) is 6.82. The van der Waals surface area contributed by atoms with Crippen LogP contribution in [0.25, 0.3) is 0 Å². The van der Waals surface area contributed by atoms with Gasteiger partial charge in [-0.15, -0.1) is 0 Å². The predicted octanol–water partition coefficient (Wildman–Crippen LogP) is 0.359. The third-order valence-electron chi connectivity index (χ3n) is 2.04. The lowest BCUT2D eigenvalue weighted by Crippen LogP contribution is -2.27. The molecule has 3 N–H and O–H groups in total. The lowest BCUT2D eigenvalue weighted by atomic mass is 10.2. The number of methoxy groups -OCH3 is 1. The van der Waals surface area contributed by atoms with Gasteiger partial charge in [-0.1, -0.05) is 0 Å². The summed E-state index contributed by atoms with van der Waals surface area (Å²) in [6, 6.07) is 3.49. The van der Waals surface area contributed by atoms with Crippen molar-refractivity contribution < 1.29 is 9.53 Å². The molecule has 5 heteroatoms. The number of hydrogen-bond acceptors (Lipinski definition) is 4. The van der Waals surface area contributed by atoms with Gasteiger partial charge in [-0.3, -0.25) is 9.78 Å². The highest BCUT2D eigenvalue weighted by atomic mass is 16.5. The quantitative estimate of drug-likeness (QED) is 0.683. The maximum Gasteiger partial charge on any atom is 0.226 e. The molecule has 0 unspecified atom stereocenters. The van der Waals surface area contributed by atoms with Gasteiger partial charge in [0.1, 0.15) is 0 Å². The van der Waals surface area contributed by atoms with Crippen molar-refractivity contribution in [2.75, 3.05) is 26.0 Å². The minimum absolute atomic E-state index is 0.0339. The molecule has 1 aromatic rings. The van der Waals surface area contributed by atoms with E-state index < -0.39 is 0 Å². The number of nitrogens with zero attached hydrogens (tertiary/aromatic N) is 1. The monoisotopic (exact) mass is 223 g/mol. The van der Waals surface area contributed by atoms with E-state index in [1.165, 1.54) is 0 Å². The Morgan fingerprint density at radius 2 is 2.38 bits per heavy atom. The molecule has 0 aliphatic heterocycles. The van der Waals surface area contributed by atoms with Gasteiger partial charge in [-0.2, -0.15) is 0 Å². The van der Waals surface area contributed by atoms with E-state index in [9.17, 15) is 4.79 Å². The SMILES string of the molecule is COCCCNC(=O)Cc1ccc(N)cn1. The number of pyridine rings is 1. The van der Waals surface area contributed by atoms with Gasteiger partial charge >= 0.3 is 0 Å². The lowest BCUT2D eigenvalue weighted by Gasteiger charge is -2.04. The summed E-state index contributed by atoms with van der Waals surface area (Å²) < 4.78 is 4.88. The summed E-state index contributed by atoms with van der Waals surface area (Å²) in [5, 5.41) is 2.79. The Balaban J connectivity index is 2.26. The van der Waals surface area contributed by atoms with Crippen LogP contribution in [0.4, 0.5) is 5.69 Å². The molecule has 0 saturated carbocycles. The highest BCUT2D eigenvalue weighted by molar-refractivity contribution is 5.78. The minimum Gasteiger partial charge on any atom is -0.397 e. The first-order valence-corrected chi connectivity index (χ1v) is 5.18. The first-order valence-electron chi connectivity index (χ1n) is 5.18. The van der Waals surface area contributed by atoms with Gasteiger partial charge in [-0.25, -0.2) is 0 Å². The molecule has 0 fully saturated rings. The van der Waals surface area contributed by atoms with Crippen LogP contribution in [-0.4, -0.2) is 31.2 Å². The smallest absolute Gasteiger partial charge is 0.226 e. The largest absolute Gasteiger partial charge is 0.397 e. The molecule has 1 amide bonds. The summed E-state index contributed by atoms with van der Waals surface area (Å²) in [5.74, 6) is -0.0339. The Bertz CT molecular complexity index is 325. The van der Waals surface area contributed by atoms with E-state index in [0.717, 1.165) is 12.1 Å². The van der Waals surface area contributed by atoms with Crippen molar-refractivity contribution in [3.63, 3.8) is 0 Å². The molecule has 1 rings (SSSR count). The standard InChI is InChI=1S/C11H17N3O2/c1-16-6-2-5-13-11(15)7-10-4-3-9(12)8-14-10/h3-4,8H,2,5-7,12H2,1H3,(H,13,15). The molecule has 5 nitrogen and oxygen atoms in total. The normalized spacial score (nSPS) is 10.1. The number of hydrogen-bond donors (Lipinski definition) is 2. The van der Waals surface area contributed by atoms with Crippen LogP contribution < -0.4 is 11.1 Å². The number of amides is 1. The molecule has 0 aliphatic carbocycles. The molecular weight excluding hydrogens is 206 g/mol. The Morgan fingerprint density at radius 1 is 1.56 bits per heavy atom. The molecule has 1 heterocycles. The molecule has 16 heavy (non-hydrogen) atoms. The molecule has 0 spiro atoms. The van der Waals surface area contributed by atoms with Gasteiger partial charge in [0.15, 0.2) is 0 Å². The first kappa shape index (κ1) is 12.4. The molecule has 0 saturated heterocycles. The fraction of sp³-hybridized carbons (Fsp3) is 0.455. The average molecular weight is 223 g/mol. The van der Waals surface area contributed by atoms with Gasteiger partial charge in [0.2, 0.25) is 5.91 Å². The summed E-state index contributed by atoms with van der Waals surface area (Å²) in [7, 11) is 1.64. The van der Waals surface area contributed by atoms with Crippen LogP contribution >= 0.6 is 0 Å². The molecule has 1 aromatic heterocycles. The van der Waals surface area contributed by atoms with Crippen molar-refractivity contribution in [1.29, 1.82) is 0 Å². The number of carbonyl (C=O) groups excluding carboxylic acids is 1. The number of nitrogens with two attached hydrogens (primary N) is 1. The summed E-state index contributed by atoms with van der Waals surface area (Å²) in [6.45, 7) is 1.28. The predicted molar refractivity (Wildman–Crippen MR) is 61.9 cm³/mol. The van der Waals surface area contributed by atoms with E-state index in [2.05, 4.69) is 10.3 Å². The van der Waals surface area contributed by atoms with E-state index in [-0.39, 0.29) is 12.3 Å². The molecule has 0 bridgehead atoms. The number of nitrogen functional groups attached to an aromatic ring is 1. The summed E-state index contributed by atoms with van der Waals surface area (Å²) >= 11 is 0. The Labute approximate surface area is 95.0 Å². The lowest BCUT2D eigenvalue weighted by molar-refractivity contribution is -0.120. The maximum atomic E-state index is 11.4. The van der Waals surface area contributed by atoms with Crippen molar-refractivity contribution in [1.82, 2.24) is 10.3 Å². The number of anilines is 1. The maximum absolute atomic E-state index is 11.4. The number of aromatic nitrogens is 1. The van der Waals surface area contributed by atoms with Crippen LogP contribution in [0.2, 0.25) is 0 Å². The van der Waals surface area contributed by atoms with E-state index >= 15 is 0 Å². The van der Waals surface area contributed by atoms with Crippen LogP contribution in [0.3, 0.4) is 0 Å². The van der Waals surface area contributed by atoms with Gasteiger partial charge < -0.3 is 15.8 Å². The third kappa shape index (κ3) is 4.75. The molecule has 0 aliphatic rings. The second-order valence-corrected chi connectivity index (χ2v) is 3.46. The van der Waals surface area contributed by atoms with Crippen molar-refractivity contribution >= 4 is 11.6 Å². The van der Waals surface area contributed by atoms with Crippen LogP contribution in [0.1, 0.15) is 12.1 Å². The first-order chi connectivity index (χ1) is 7.72. The summed E-state index contributed by atoms with van der Waals surface area (Å²) in [6.07, 6.45) is 2.65. The van der Waals surface area contributed by atoms with Gasteiger partial charge in [0.25, 0.3) is 0 Å². The second kappa shape index (κ2) is 6.79. The molecule has 0 radical (unpaired) electrons. The van der Waals surface area contributed by atoms with Crippen LogP contribution in [0.15, 0.2) is 18.3 Å². The van der Waals surface area contributed by atoms with Gasteiger partial charge in [-0.05, 0) is 18.6 Å². The number of ether oxygens (including phenoxy) is 1. The van der Waals surface area contributed by atoms with Crippen molar-refractivity contribution in [2.24, 2.45) is 0 Å². The van der Waals surface area contributed by atoms with Crippen molar-refractivity contribution in [3.05, 3.63) is 24.0 Å². The number of rotatable bonds is 6. The van der Waals surface area contributed by atoms with Crippen LogP contribution in [-0.2, 0) is 16.0 Å². The minimum atomic E-state index is -0.0339. The molecule has 0 atom stereocenters. The van der Waals surface area contributed by atoms with E-state index in [1.54, 1.807) is 25.4 Å². The molecule has 0 aromatic carbocycles. The zero-order valence-electron chi connectivity index (χ0n) is 9.40. The third-order valence-corrected chi connectivity index (χ3v) is 2.04. The highest BCUT2D eigenvalue weighted by Crippen LogP contribution is 2.01. The van der Waals surface area contributed by atoms with E-state index in [1.807, 2.05) is 0 Å². The van der Waals surface area contributed by atoms with E-state index in [4.69, 9.17) is 10.5 Å². The molecule has 88 valence electrons. The second-order valence-electron chi connectivity index (χ2n) is 3.46. The summed E-state index contributed by atoms with van der Waals surface area (Å²) in [4.78, 5) is 15.5. The zero-order valence-corrected chi connectivity index (χ0v) is 9.40. The Hall–Kier alpha value is -1.62. The number of nitrogens with one attached hydrogen (secondary N) is 1. The van der Waals surface area contributed by atoms with Gasteiger partial charge in [0, 0.05) is 26.0 Å².